The van der Waals surface area contributed by atoms with Gasteiger partial charge in [-0.25, -0.2) is 19.9 Å². The molecule has 5 aromatic carbocycles. The van der Waals surface area contributed by atoms with Crippen LogP contribution in [0.15, 0.2) is 183 Å². The molecule has 2 aliphatic carbocycles. The molecule has 11 rings (SSSR count). The van der Waals surface area contributed by atoms with Crippen molar-refractivity contribution in [1.29, 1.82) is 0 Å². The van der Waals surface area contributed by atoms with Gasteiger partial charge in [-0.15, -0.1) is 0 Å². The van der Waals surface area contributed by atoms with Gasteiger partial charge < -0.3 is 0 Å². The van der Waals surface area contributed by atoms with E-state index in [1.165, 1.54) is 55.6 Å². The molecule has 0 aliphatic heterocycles. The van der Waals surface area contributed by atoms with Gasteiger partial charge in [0.25, 0.3) is 0 Å². The molecule has 0 saturated carbocycles. The lowest BCUT2D eigenvalue weighted by Crippen LogP contribution is -2.17. The molecule has 0 N–H and O–H groups in total. The monoisotopic (exact) mass is 854 g/mol. The molecule has 0 fully saturated rings. The SMILES string of the molecule is CC1(C)c2cc(C=Cc3ccc(C=Cc4ccc5c(c4)C(C)(C)c4cc(N(c6ccccn6)c6cnccn6)ccc4-5)cc3)ccc2-c2ccc(N(c3ccccn3)c3cnccn3)cc21. The second kappa shape index (κ2) is 16.3. The molecule has 8 heteroatoms. The van der Waals surface area contributed by atoms with Crippen LogP contribution in [0, 0.1) is 0 Å². The van der Waals surface area contributed by atoms with Gasteiger partial charge >= 0.3 is 0 Å². The molecule has 0 radical (unpaired) electrons. The van der Waals surface area contributed by atoms with Gasteiger partial charge in [-0.2, -0.15) is 0 Å². The second-order valence-corrected chi connectivity index (χ2v) is 17.8. The largest absolute Gasteiger partial charge is 0.278 e. The van der Waals surface area contributed by atoms with E-state index in [9.17, 15) is 0 Å². The van der Waals surface area contributed by atoms with E-state index in [-0.39, 0.29) is 10.8 Å². The first-order valence-electron chi connectivity index (χ1n) is 22.2. The first-order chi connectivity index (χ1) is 32.2. The fourth-order valence-electron chi connectivity index (χ4n) is 9.62. The van der Waals surface area contributed by atoms with Crippen LogP contribution in [0.25, 0.3) is 46.6 Å². The lowest BCUT2D eigenvalue weighted by atomic mass is 9.81. The molecule has 318 valence electrons. The van der Waals surface area contributed by atoms with Gasteiger partial charge in [0, 0.05) is 59.4 Å². The zero-order valence-corrected chi connectivity index (χ0v) is 37.2. The van der Waals surface area contributed by atoms with Crippen LogP contribution >= 0.6 is 0 Å². The maximum atomic E-state index is 4.67. The van der Waals surface area contributed by atoms with Crippen molar-refractivity contribution in [3.63, 3.8) is 0 Å². The molecule has 8 nitrogen and oxygen atoms in total. The maximum absolute atomic E-state index is 4.67. The molecule has 2 aliphatic rings. The third-order valence-electron chi connectivity index (χ3n) is 13.1. The number of rotatable bonds is 10. The van der Waals surface area contributed by atoms with Crippen molar-refractivity contribution in [2.75, 3.05) is 9.80 Å². The van der Waals surface area contributed by atoms with Crippen LogP contribution in [0.5, 0.6) is 0 Å². The molecule has 0 amide bonds. The van der Waals surface area contributed by atoms with Crippen molar-refractivity contribution in [2.24, 2.45) is 0 Å². The number of hydrogen-bond donors (Lipinski definition) is 0. The summed E-state index contributed by atoms with van der Waals surface area (Å²) in [4.78, 5) is 31.4. The Hall–Kier alpha value is -8.36. The molecule has 0 spiro atoms. The highest BCUT2D eigenvalue weighted by Crippen LogP contribution is 2.52. The molecule has 4 heterocycles. The Kier molecular flexibility index (Phi) is 10.00. The standard InChI is InChI=1S/C58H46N8/c1-57(2)49-33-41(19-23-45(49)47-25-21-43(35-51(47)57)65(53-9-5-7-27-61-53)55-37-59-29-31-63-55)17-15-39-11-13-40(14-12-39)16-18-42-20-24-46-48-26-22-44(36-52(48)58(3,4)50(46)34-42)66(54-10-6-8-28-62-54)56-38-60-30-32-64-56/h5-38H,1-4H3. The molecule has 4 aromatic heterocycles. The summed E-state index contributed by atoms with van der Waals surface area (Å²) in [6, 6.07) is 47.6. The zero-order chi connectivity index (χ0) is 44.8. The Morgan fingerprint density at radius 2 is 0.712 bits per heavy atom. The van der Waals surface area contributed by atoms with Gasteiger partial charge in [0.1, 0.15) is 11.6 Å². The lowest BCUT2D eigenvalue weighted by molar-refractivity contribution is 0.660. The number of fused-ring (bicyclic) bond motifs is 6. The fraction of sp³-hybridized carbons (Fsp3) is 0.103. The van der Waals surface area contributed by atoms with Gasteiger partial charge in [-0.3, -0.25) is 19.8 Å². The fourth-order valence-corrected chi connectivity index (χ4v) is 9.62. The Labute approximate surface area is 385 Å². The highest BCUT2D eigenvalue weighted by atomic mass is 15.3. The van der Waals surface area contributed by atoms with Crippen LogP contribution in [0.1, 0.15) is 72.2 Å². The molecule has 0 atom stereocenters. The number of benzene rings is 5. The van der Waals surface area contributed by atoms with Crippen LogP contribution in [0.2, 0.25) is 0 Å². The second-order valence-electron chi connectivity index (χ2n) is 17.8. The van der Waals surface area contributed by atoms with Crippen LogP contribution in [-0.4, -0.2) is 29.9 Å². The van der Waals surface area contributed by atoms with Crippen molar-refractivity contribution in [2.45, 2.75) is 38.5 Å². The van der Waals surface area contributed by atoms with Crippen LogP contribution in [0.4, 0.5) is 34.6 Å². The normalized spacial score (nSPS) is 13.9. The van der Waals surface area contributed by atoms with E-state index in [4.69, 9.17) is 0 Å². The van der Waals surface area contributed by atoms with E-state index in [0.717, 1.165) is 45.8 Å². The van der Waals surface area contributed by atoms with Gasteiger partial charge in [-0.1, -0.05) is 137 Å². The Balaban J connectivity index is 0.796. The Morgan fingerprint density at radius 3 is 1.09 bits per heavy atom. The van der Waals surface area contributed by atoms with E-state index in [1.54, 1.807) is 49.6 Å². The number of anilines is 6. The van der Waals surface area contributed by atoms with E-state index in [1.807, 2.05) is 36.4 Å². The van der Waals surface area contributed by atoms with E-state index in [0.29, 0.717) is 0 Å². The Morgan fingerprint density at radius 1 is 0.348 bits per heavy atom. The summed E-state index contributed by atoms with van der Waals surface area (Å²) in [5, 5.41) is 0. The van der Waals surface area contributed by atoms with Gasteiger partial charge in [0.15, 0.2) is 11.6 Å². The predicted molar refractivity (Wildman–Crippen MR) is 268 cm³/mol. The predicted octanol–water partition coefficient (Wildman–Crippen LogP) is 13.9. The summed E-state index contributed by atoms with van der Waals surface area (Å²) >= 11 is 0. The molecule has 0 saturated heterocycles. The molecule has 9 aromatic rings. The average molecular weight is 855 g/mol. The topological polar surface area (TPSA) is 83.8 Å². The van der Waals surface area contributed by atoms with Crippen molar-refractivity contribution in [3.8, 4) is 22.3 Å². The van der Waals surface area contributed by atoms with Crippen LogP contribution in [0.3, 0.4) is 0 Å². The number of aromatic nitrogens is 6. The smallest absolute Gasteiger partial charge is 0.157 e. The minimum absolute atomic E-state index is 0.209. The summed E-state index contributed by atoms with van der Waals surface area (Å²) in [5.41, 5.74) is 16.4. The summed E-state index contributed by atoms with van der Waals surface area (Å²) in [7, 11) is 0. The lowest BCUT2D eigenvalue weighted by Gasteiger charge is -2.26. The molecular weight excluding hydrogens is 809 g/mol. The first kappa shape index (κ1) is 40.4. The first-order valence-corrected chi connectivity index (χ1v) is 22.2. The minimum atomic E-state index is -0.209. The highest BCUT2D eigenvalue weighted by Gasteiger charge is 2.38. The van der Waals surface area contributed by atoms with Gasteiger partial charge in [0.05, 0.1) is 12.4 Å². The highest BCUT2D eigenvalue weighted by molar-refractivity contribution is 5.88. The van der Waals surface area contributed by atoms with Crippen molar-refractivity contribution >= 4 is 59.0 Å². The molecule has 0 unspecified atom stereocenters. The minimum Gasteiger partial charge on any atom is -0.278 e. The van der Waals surface area contributed by atoms with Crippen molar-refractivity contribution in [1.82, 2.24) is 29.9 Å². The van der Waals surface area contributed by atoms with Crippen molar-refractivity contribution < 1.29 is 0 Å². The van der Waals surface area contributed by atoms with Crippen molar-refractivity contribution in [3.05, 3.63) is 228 Å². The summed E-state index contributed by atoms with van der Waals surface area (Å²) in [6.07, 6.45) is 22.8. The van der Waals surface area contributed by atoms with Gasteiger partial charge in [0.2, 0.25) is 0 Å². The summed E-state index contributed by atoms with van der Waals surface area (Å²) < 4.78 is 0. The third kappa shape index (κ3) is 7.22. The Bertz CT molecular complexity index is 2990. The van der Waals surface area contributed by atoms with E-state index < -0.39 is 0 Å². The number of hydrogen-bond acceptors (Lipinski definition) is 8. The number of pyridine rings is 2. The quantitative estimate of drug-likeness (QED) is 0.126. The van der Waals surface area contributed by atoms with E-state index in [2.05, 4.69) is 189 Å². The van der Waals surface area contributed by atoms with Crippen LogP contribution in [-0.2, 0) is 10.8 Å². The molecular formula is C58H46N8. The molecule has 66 heavy (non-hydrogen) atoms. The van der Waals surface area contributed by atoms with Gasteiger partial charge in [-0.05, 0) is 115 Å². The third-order valence-corrected chi connectivity index (χ3v) is 13.1. The van der Waals surface area contributed by atoms with E-state index >= 15 is 0 Å². The molecule has 0 bridgehead atoms. The van der Waals surface area contributed by atoms with Crippen LogP contribution < -0.4 is 9.80 Å². The summed E-state index contributed by atoms with van der Waals surface area (Å²) in [6.45, 7) is 9.25. The number of nitrogens with zero attached hydrogens (tertiary/aromatic N) is 8. The average Bonchev–Trinajstić information content (AvgIpc) is 3.72. The zero-order valence-electron chi connectivity index (χ0n) is 37.2. The maximum Gasteiger partial charge on any atom is 0.157 e. The summed E-state index contributed by atoms with van der Waals surface area (Å²) in [5.74, 6) is 3.02.